The van der Waals surface area contributed by atoms with E-state index in [1.165, 1.54) is 24.3 Å². The maximum atomic E-state index is 11.8. The Bertz CT molecular complexity index is 717. The van der Waals surface area contributed by atoms with Crippen LogP contribution in [-0.2, 0) is 9.53 Å². The number of carbonyl (C=O) groups is 2. The van der Waals surface area contributed by atoms with E-state index < -0.39 is 18.5 Å². The highest BCUT2D eigenvalue weighted by Gasteiger charge is 2.13. The predicted octanol–water partition coefficient (Wildman–Crippen LogP) is 3.08. The van der Waals surface area contributed by atoms with Crippen LogP contribution in [0.15, 0.2) is 48.5 Å². The molecule has 2 N–H and O–H groups in total. The second-order valence-electron chi connectivity index (χ2n) is 4.97. The lowest BCUT2D eigenvalue weighted by molar-refractivity contribution is -0.124. The molecule has 0 saturated carbocycles. The minimum absolute atomic E-state index is 0.0431. The zero-order valence-electron chi connectivity index (χ0n) is 12.5. The number of rotatable bonds is 5. The van der Waals surface area contributed by atoms with Gasteiger partial charge in [-0.15, -0.1) is 0 Å². The molecule has 0 radical (unpaired) electrons. The molecule has 5 nitrogen and oxygen atoms in total. The van der Waals surface area contributed by atoms with Gasteiger partial charge in [0.05, 0.1) is 11.6 Å². The van der Waals surface area contributed by atoms with Crippen molar-refractivity contribution >= 4 is 23.5 Å². The summed E-state index contributed by atoms with van der Waals surface area (Å²) in [5.41, 5.74) is 1.03. The molecule has 0 unspecified atom stereocenters. The third-order valence-electron chi connectivity index (χ3n) is 3.14. The van der Waals surface area contributed by atoms with Gasteiger partial charge in [0, 0.05) is 5.02 Å². The first kappa shape index (κ1) is 16.8. The van der Waals surface area contributed by atoms with E-state index in [0.717, 1.165) is 5.56 Å². The number of amides is 1. The molecule has 0 aliphatic rings. The van der Waals surface area contributed by atoms with Crippen molar-refractivity contribution in [3.63, 3.8) is 0 Å². The third kappa shape index (κ3) is 5.00. The Kier molecular flexibility index (Phi) is 5.60. The summed E-state index contributed by atoms with van der Waals surface area (Å²) in [6.07, 6.45) is 0. The van der Waals surface area contributed by atoms with E-state index in [1.54, 1.807) is 25.1 Å². The first-order valence-corrected chi connectivity index (χ1v) is 7.34. The van der Waals surface area contributed by atoms with Crippen LogP contribution in [-0.4, -0.2) is 23.6 Å². The Morgan fingerprint density at radius 2 is 1.96 bits per heavy atom. The summed E-state index contributed by atoms with van der Waals surface area (Å²) in [5, 5.41) is 12.6. The highest BCUT2D eigenvalue weighted by molar-refractivity contribution is 6.30. The second kappa shape index (κ2) is 7.65. The molecule has 0 aliphatic carbocycles. The number of nitrogens with one attached hydrogen (secondary N) is 1. The normalized spacial score (nSPS) is 11.6. The summed E-state index contributed by atoms with van der Waals surface area (Å²) >= 11 is 5.91. The quantitative estimate of drug-likeness (QED) is 0.824. The smallest absolute Gasteiger partial charge is 0.338 e. The van der Waals surface area contributed by atoms with Crippen LogP contribution in [0.5, 0.6) is 5.75 Å². The van der Waals surface area contributed by atoms with Crippen molar-refractivity contribution in [1.82, 2.24) is 5.32 Å². The van der Waals surface area contributed by atoms with Gasteiger partial charge in [-0.25, -0.2) is 4.79 Å². The molecule has 0 fully saturated rings. The van der Waals surface area contributed by atoms with Crippen LogP contribution < -0.4 is 5.32 Å². The molecule has 0 aromatic heterocycles. The molecule has 1 amide bonds. The Labute approximate surface area is 138 Å². The van der Waals surface area contributed by atoms with E-state index in [0.29, 0.717) is 5.02 Å². The molecule has 2 aromatic carbocycles. The molecule has 2 rings (SSSR count). The van der Waals surface area contributed by atoms with Crippen LogP contribution in [0, 0.1) is 0 Å². The van der Waals surface area contributed by atoms with Gasteiger partial charge in [0.15, 0.2) is 6.61 Å². The molecule has 120 valence electrons. The number of hydrogen-bond acceptors (Lipinski definition) is 4. The maximum Gasteiger partial charge on any atom is 0.338 e. The Balaban J connectivity index is 1.86. The lowest BCUT2D eigenvalue weighted by Crippen LogP contribution is -2.31. The Morgan fingerprint density at radius 3 is 2.65 bits per heavy atom. The lowest BCUT2D eigenvalue weighted by Gasteiger charge is -2.14. The number of hydrogen-bond donors (Lipinski definition) is 2. The molecule has 6 heteroatoms. The number of ether oxygens (including phenoxy) is 1. The number of carbonyl (C=O) groups excluding carboxylic acids is 2. The van der Waals surface area contributed by atoms with E-state index in [-0.39, 0.29) is 17.4 Å². The zero-order chi connectivity index (χ0) is 16.8. The summed E-state index contributed by atoms with van der Waals surface area (Å²) in [5.74, 6) is -1.14. The van der Waals surface area contributed by atoms with Gasteiger partial charge < -0.3 is 15.2 Å². The topological polar surface area (TPSA) is 75.6 Å². The lowest BCUT2D eigenvalue weighted by atomic mass is 10.1. The minimum Gasteiger partial charge on any atom is -0.508 e. The third-order valence-corrected chi connectivity index (χ3v) is 3.38. The summed E-state index contributed by atoms with van der Waals surface area (Å²) in [7, 11) is 0. The SMILES string of the molecule is C[C@@H](NC(=O)COC(=O)c1cccc(O)c1)c1cccc(Cl)c1. The largest absolute Gasteiger partial charge is 0.508 e. The Hall–Kier alpha value is -2.53. The van der Waals surface area contributed by atoms with Gasteiger partial charge in [0.1, 0.15) is 5.75 Å². The fourth-order valence-electron chi connectivity index (χ4n) is 1.99. The standard InChI is InChI=1S/C17H16ClNO4/c1-11(12-4-2-6-14(18)8-12)19-16(21)10-23-17(22)13-5-3-7-15(20)9-13/h2-9,11,20H,10H2,1H3,(H,19,21)/t11-/m1/s1. The molecule has 2 aromatic rings. The van der Waals surface area contributed by atoms with Gasteiger partial charge in [-0.2, -0.15) is 0 Å². The Morgan fingerprint density at radius 1 is 1.22 bits per heavy atom. The fourth-order valence-corrected chi connectivity index (χ4v) is 2.19. The molecular weight excluding hydrogens is 318 g/mol. The molecule has 1 atom stereocenters. The highest BCUT2D eigenvalue weighted by atomic mass is 35.5. The fraction of sp³-hybridized carbons (Fsp3) is 0.176. The van der Waals surface area contributed by atoms with E-state index in [4.69, 9.17) is 16.3 Å². The monoisotopic (exact) mass is 333 g/mol. The maximum absolute atomic E-state index is 11.8. The van der Waals surface area contributed by atoms with Crippen LogP contribution in [0.3, 0.4) is 0 Å². The van der Waals surface area contributed by atoms with Gasteiger partial charge in [-0.3, -0.25) is 4.79 Å². The van der Waals surface area contributed by atoms with Gasteiger partial charge >= 0.3 is 5.97 Å². The number of halogens is 1. The summed E-state index contributed by atoms with van der Waals surface area (Å²) in [6, 6.07) is 12.6. The number of phenols is 1. The average Bonchev–Trinajstić information content (AvgIpc) is 2.52. The second-order valence-corrected chi connectivity index (χ2v) is 5.41. The van der Waals surface area contributed by atoms with Crippen molar-refractivity contribution < 1.29 is 19.4 Å². The summed E-state index contributed by atoms with van der Waals surface area (Å²) < 4.78 is 4.92. The van der Waals surface area contributed by atoms with Crippen LogP contribution in [0.1, 0.15) is 28.9 Å². The van der Waals surface area contributed by atoms with E-state index in [2.05, 4.69) is 5.32 Å². The first-order valence-electron chi connectivity index (χ1n) is 6.96. The van der Waals surface area contributed by atoms with E-state index >= 15 is 0 Å². The average molecular weight is 334 g/mol. The molecule has 0 saturated heterocycles. The van der Waals surface area contributed by atoms with Gasteiger partial charge in [0.2, 0.25) is 0 Å². The predicted molar refractivity (Wildman–Crippen MR) is 86.4 cm³/mol. The van der Waals surface area contributed by atoms with E-state index in [1.807, 2.05) is 6.07 Å². The molecule has 0 bridgehead atoms. The van der Waals surface area contributed by atoms with E-state index in [9.17, 15) is 14.7 Å². The number of benzene rings is 2. The van der Waals surface area contributed by atoms with Crippen LogP contribution in [0.25, 0.3) is 0 Å². The molecule has 23 heavy (non-hydrogen) atoms. The minimum atomic E-state index is -0.675. The van der Waals surface area contributed by atoms with Crippen molar-refractivity contribution in [2.45, 2.75) is 13.0 Å². The van der Waals surface area contributed by atoms with Crippen LogP contribution in [0.4, 0.5) is 0 Å². The number of aromatic hydroxyl groups is 1. The molecule has 0 heterocycles. The van der Waals surface area contributed by atoms with Crippen LogP contribution in [0.2, 0.25) is 5.02 Å². The first-order chi connectivity index (χ1) is 11.0. The highest BCUT2D eigenvalue weighted by Crippen LogP contribution is 2.17. The summed E-state index contributed by atoms with van der Waals surface area (Å²) in [6.45, 7) is 1.40. The molecule has 0 spiro atoms. The summed E-state index contributed by atoms with van der Waals surface area (Å²) in [4.78, 5) is 23.6. The molecular formula is C17H16ClNO4. The van der Waals surface area contributed by atoms with Gasteiger partial charge in [0.25, 0.3) is 5.91 Å². The van der Waals surface area contributed by atoms with Gasteiger partial charge in [-0.1, -0.05) is 29.8 Å². The van der Waals surface area contributed by atoms with Gasteiger partial charge in [-0.05, 0) is 42.8 Å². The zero-order valence-corrected chi connectivity index (χ0v) is 13.2. The van der Waals surface area contributed by atoms with Crippen molar-refractivity contribution in [1.29, 1.82) is 0 Å². The van der Waals surface area contributed by atoms with Crippen LogP contribution >= 0.6 is 11.6 Å². The van der Waals surface area contributed by atoms with Crippen molar-refractivity contribution in [2.75, 3.05) is 6.61 Å². The van der Waals surface area contributed by atoms with Crippen molar-refractivity contribution in [3.05, 3.63) is 64.7 Å². The molecule has 0 aliphatic heterocycles. The van der Waals surface area contributed by atoms with Crippen molar-refractivity contribution in [2.24, 2.45) is 0 Å². The number of phenolic OH excluding ortho intramolecular Hbond substituents is 1. The number of esters is 1. The van der Waals surface area contributed by atoms with Crippen molar-refractivity contribution in [3.8, 4) is 5.75 Å².